The summed E-state index contributed by atoms with van der Waals surface area (Å²) in [6.07, 6.45) is 2.46. The van der Waals surface area contributed by atoms with Gasteiger partial charge in [0, 0.05) is 0 Å². The lowest BCUT2D eigenvalue weighted by Crippen LogP contribution is -2.14. The maximum Gasteiger partial charge on any atom is -0.00839 e. The van der Waals surface area contributed by atoms with Crippen molar-refractivity contribution in [2.75, 3.05) is 12.3 Å². The van der Waals surface area contributed by atoms with E-state index in [4.69, 9.17) is 0 Å². The summed E-state index contributed by atoms with van der Waals surface area (Å²) in [5, 5.41) is 1.59. The number of hydrogen-bond donors (Lipinski definition) is 0. The molecule has 0 radical (unpaired) electrons. The van der Waals surface area contributed by atoms with Gasteiger partial charge >= 0.3 is 0 Å². The lowest BCUT2D eigenvalue weighted by Gasteiger charge is -2.25. The van der Waals surface area contributed by atoms with Crippen LogP contribution in [0.3, 0.4) is 0 Å². The van der Waals surface area contributed by atoms with Crippen molar-refractivity contribution in [3.8, 4) is 22.3 Å². The number of rotatable bonds is 5. The highest BCUT2D eigenvalue weighted by molar-refractivity contribution is 7.66. The zero-order valence-corrected chi connectivity index (χ0v) is 18.5. The van der Waals surface area contributed by atoms with E-state index < -0.39 is 0 Å². The van der Waals surface area contributed by atoms with Crippen LogP contribution in [-0.4, -0.2) is 12.3 Å². The van der Waals surface area contributed by atoms with Crippen molar-refractivity contribution in [3.63, 3.8) is 0 Å². The fourth-order valence-corrected chi connectivity index (χ4v) is 6.44. The van der Waals surface area contributed by atoms with Crippen LogP contribution in [0.1, 0.15) is 36.1 Å². The van der Waals surface area contributed by atoms with Crippen LogP contribution in [0.5, 0.6) is 0 Å². The van der Waals surface area contributed by atoms with E-state index >= 15 is 0 Å². The molecule has 3 rings (SSSR count). The van der Waals surface area contributed by atoms with Gasteiger partial charge in [-0.25, -0.2) is 0 Å². The summed E-state index contributed by atoms with van der Waals surface area (Å²) >= 11 is 0. The quantitative estimate of drug-likeness (QED) is 0.408. The Morgan fingerprint density at radius 2 is 0.889 bits per heavy atom. The monoisotopic (exact) mass is 374 g/mol. The second kappa shape index (κ2) is 8.41. The zero-order chi connectivity index (χ0) is 19.6. The van der Waals surface area contributed by atoms with Crippen molar-refractivity contribution in [1.82, 2.24) is 0 Å². The van der Waals surface area contributed by atoms with Crippen molar-refractivity contribution in [1.29, 1.82) is 0 Å². The smallest absolute Gasteiger partial charge is 0.00839 e. The van der Waals surface area contributed by atoms with E-state index in [1.54, 1.807) is 5.30 Å². The van der Waals surface area contributed by atoms with Crippen LogP contribution >= 0.6 is 7.92 Å². The SMILES string of the molecule is CCP(CC)c1c(-c2c(C)cccc2C)cccc1-c1c(C)cccc1C. The minimum Gasteiger partial charge on any atom is -0.0745 e. The van der Waals surface area contributed by atoms with E-state index in [2.05, 4.69) is 96.1 Å². The molecule has 0 aromatic heterocycles. The largest absolute Gasteiger partial charge is 0.0745 e. The minimum atomic E-state index is -0.190. The third-order valence-corrected chi connectivity index (χ3v) is 8.26. The molecule has 140 valence electrons. The van der Waals surface area contributed by atoms with Gasteiger partial charge in [0.25, 0.3) is 0 Å². The maximum absolute atomic E-state index is 2.35. The first-order valence-electron chi connectivity index (χ1n) is 10.0. The van der Waals surface area contributed by atoms with Gasteiger partial charge in [0.05, 0.1) is 0 Å². The average molecular weight is 375 g/mol. The third-order valence-electron chi connectivity index (χ3n) is 5.62. The van der Waals surface area contributed by atoms with E-state index in [9.17, 15) is 0 Å². The summed E-state index contributed by atoms with van der Waals surface area (Å²) in [7, 11) is -0.190. The maximum atomic E-state index is 2.35. The van der Waals surface area contributed by atoms with Crippen molar-refractivity contribution in [2.45, 2.75) is 41.5 Å². The predicted octanol–water partition coefficient (Wildman–Crippen LogP) is 7.40. The van der Waals surface area contributed by atoms with Gasteiger partial charge in [-0.2, -0.15) is 0 Å². The van der Waals surface area contributed by atoms with Crippen LogP contribution in [-0.2, 0) is 0 Å². The highest BCUT2D eigenvalue weighted by Crippen LogP contribution is 2.44. The van der Waals surface area contributed by atoms with Gasteiger partial charge in [-0.3, -0.25) is 0 Å². The Hall–Kier alpha value is -1.91. The molecule has 0 aliphatic rings. The molecule has 0 aliphatic heterocycles. The van der Waals surface area contributed by atoms with E-state index in [0.29, 0.717) is 0 Å². The molecule has 0 saturated carbocycles. The van der Waals surface area contributed by atoms with Gasteiger partial charge in [-0.05, 0) is 89.8 Å². The lowest BCUT2D eigenvalue weighted by atomic mass is 9.90. The molecule has 0 nitrogen and oxygen atoms in total. The number of benzene rings is 3. The highest BCUT2D eigenvalue weighted by atomic mass is 31.1. The third kappa shape index (κ3) is 3.74. The van der Waals surface area contributed by atoms with Crippen LogP contribution in [0.25, 0.3) is 22.3 Å². The molecule has 0 unspecified atom stereocenters. The topological polar surface area (TPSA) is 0 Å². The Kier molecular flexibility index (Phi) is 6.18. The first-order valence-corrected chi connectivity index (χ1v) is 11.7. The summed E-state index contributed by atoms with van der Waals surface area (Å²) in [6, 6.07) is 20.3. The molecular weight excluding hydrogens is 343 g/mol. The summed E-state index contributed by atoms with van der Waals surface area (Å²) < 4.78 is 0. The van der Waals surface area contributed by atoms with Crippen molar-refractivity contribution < 1.29 is 0 Å². The van der Waals surface area contributed by atoms with E-state index in [-0.39, 0.29) is 7.92 Å². The lowest BCUT2D eigenvalue weighted by molar-refractivity contribution is 1.36. The van der Waals surface area contributed by atoms with Gasteiger partial charge in [0.15, 0.2) is 0 Å². The van der Waals surface area contributed by atoms with E-state index in [0.717, 1.165) is 0 Å². The molecule has 0 atom stereocenters. The molecule has 0 amide bonds. The number of hydrogen-bond acceptors (Lipinski definition) is 0. The summed E-state index contributed by atoms with van der Waals surface area (Å²) in [4.78, 5) is 0. The van der Waals surface area contributed by atoms with Crippen LogP contribution in [0.4, 0.5) is 0 Å². The zero-order valence-electron chi connectivity index (χ0n) is 17.6. The normalized spacial score (nSPS) is 11.2. The minimum absolute atomic E-state index is 0.190. The van der Waals surface area contributed by atoms with Crippen LogP contribution in [0.2, 0.25) is 0 Å². The molecular formula is C26H31P. The molecule has 1 heteroatoms. The molecule has 3 aromatic carbocycles. The molecule has 0 N–H and O–H groups in total. The fourth-order valence-electron chi connectivity index (χ4n) is 4.31. The fraction of sp³-hybridized carbons (Fsp3) is 0.308. The van der Waals surface area contributed by atoms with Gasteiger partial charge in [-0.1, -0.05) is 76.4 Å². The second-order valence-corrected chi connectivity index (χ2v) is 10.2. The second-order valence-electron chi connectivity index (χ2n) is 7.41. The van der Waals surface area contributed by atoms with Gasteiger partial charge < -0.3 is 0 Å². The first kappa shape index (κ1) is 19.8. The standard InChI is InChI=1S/C26H31P/c1-7-27(8-2)26-22(24-18(3)12-9-13-19(24)4)16-11-17-23(26)25-20(5)14-10-15-21(25)6/h9-17H,7-8H2,1-6H3. The van der Waals surface area contributed by atoms with E-state index in [1.165, 1.54) is 56.8 Å². The Labute approximate surface area is 166 Å². The van der Waals surface area contributed by atoms with Crippen molar-refractivity contribution in [2.24, 2.45) is 0 Å². The molecule has 0 heterocycles. The van der Waals surface area contributed by atoms with Crippen molar-refractivity contribution in [3.05, 3.63) is 76.9 Å². The molecule has 0 saturated heterocycles. The Bertz CT molecular complexity index is 838. The van der Waals surface area contributed by atoms with Crippen LogP contribution in [0, 0.1) is 27.7 Å². The summed E-state index contributed by atoms with van der Waals surface area (Å²) in [5.74, 6) is 0. The van der Waals surface area contributed by atoms with E-state index in [1.807, 2.05) is 0 Å². The first-order chi connectivity index (χ1) is 13.0. The summed E-state index contributed by atoms with van der Waals surface area (Å²) in [5.41, 5.74) is 11.2. The van der Waals surface area contributed by atoms with Gasteiger partial charge in [0.2, 0.25) is 0 Å². The Morgan fingerprint density at radius 3 is 1.22 bits per heavy atom. The molecule has 27 heavy (non-hydrogen) atoms. The van der Waals surface area contributed by atoms with Crippen LogP contribution in [0.15, 0.2) is 54.6 Å². The van der Waals surface area contributed by atoms with Gasteiger partial charge in [0.1, 0.15) is 0 Å². The molecule has 3 aromatic rings. The average Bonchev–Trinajstić information content (AvgIpc) is 2.64. The Morgan fingerprint density at radius 1 is 0.556 bits per heavy atom. The summed E-state index contributed by atoms with van der Waals surface area (Å²) in [6.45, 7) is 13.7. The molecule has 0 aliphatic carbocycles. The molecule has 0 bridgehead atoms. The molecule has 0 fully saturated rings. The predicted molar refractivity (Wildman–Crippen MR) is 124 cm³/mol. The molecule has 0 spiro atoms. The highest BCUT2D eigenvalue weighted by Gasteiger charge is 2.21. The Balaban J connectivity index is 2.40. The van der Waals surface area contributed by atoms with Crippen molar-refractivity contribution >= 4 is 13.2 Å². The van der Waals surface area contributed by atoms with Gasteiger partial charge in [-0.15, -0.1) is 0 Å². The van der Waals surface area contributed by atoms with Crippen LogP contribution < -0.4 is 5.30 Å². The number of aryl methyl sites for hydroxylation is 4.